The summed E-state index contributed by atoms with van der Waals surface area (Å²) in [5.41, 5.74) is 1.04. The van der Waals surface area contributed by atoms with Crippen molar-refractivity contribution in [2.24, 2.45) is 0 Å². The van der Waals surface area contributed by atoms with Gasteiger partial charge in [-0.2, -0.15) is 4.72 Å². The maximum absolute atomic E-state index is 13.1. The Balaban J connectivity index is 1.90. The van der Waals surface area contributed by atoms with Crippen LogP contribution in [0.2, 0.25) is 15.1 Å². The number of hydrogen-bond donors (Lipinski definition) is 2. The number of nitrogens with one attached hydrogen (secondary N) is 2. The van der Waals surface area contributed by atoms with Crippen LogP contribution in [-0.4, -0.2) is 27.5 Å². The van der Waals surface area contributed by atoms with E-state index < -0.39 is 22.0 Å². The van der Waals surface area contributed by atoms with Gasteiger partial charge >= 0.3 is 0 Å². The van der Waals surface area contributed by atoms with Gasteiger partial charge in [-0.1, -0.05) is 65.1 Å². The summed E-state index contributed by atoms with van der Waals surface area (Å²) in [5, 5.41) is 3.42. The van der Waals surface area contributed by atoms with Gasteiger partial charge in [0, 0.05) is 5.02 Å². The quantitative estimate of drug-likeness (QED) is 0.434. The predicted octanol–water partition coefficient (Wildman–Crippen LogP) is 5.18. The highest BCUT2D eigenvalue weighted by molar-refractivity contribution is 7.89. The minimum atomic E-state index is -4.09. The summed E-state index contributed by atoms with van der Waals surface area (Å²) in [6.07, 6.45) is 0.105. The molecule has 0 aromatic heterocycles. The molecule has 0 aliphatic rings. The summed E-state index contributed by atoms with van der Waals surface area (Å²) in [6, 6.07) is 16.5. The van der Waals surface area contributed by atoms with Crippen molar-refractivity contribution in [3.63, 3.8) is 0 Å². The number of ether oxygens (including phenoxy) is 1. The number of rotatable bonds is 8. The third-order valence-corrected chi connectivity index (χ3v) is 6.85. The summed E-state index contributed by atoms with van der Waals surface area (Å²) < 4.78 is 33.6. The first-order valence-electron chi connectivity index (χ1n) is 9.35. The van der Waals surface area contributed by atoms with E-state index in [9.17, 15) is 13.2 Å². The normalized spacial score (nSPS) is 12.2. The van der Waals surface area contributed by atoms with Crippen LogP contribution in [0.15, 0.2) is 71.6 Å². The molecule has 32 heavy (non-hydrogen) atoms. The lowest BCUT2D eigenvalue weighted by Gasteiger charge is -2.19. The third kappa shape index (κ3) is 6.15. The molecule has 0 heterocycles. The highest BCUT2D eigenvalue weighted by Gasteiger charge is 2.27. The number of halogens is 3. The van der Waals surface area contributed by atoms with Gasteiger partial charge in [-0.25, -0.2) is 8.42 Å². The molecule has 1 unspecified atom stereocenters. The third-order valence-electron chi connectivity index (χ3n) is 4.52. The van der Waals surface area contributed by atoms with Crippen molar-refractivity contribution in [2.45, 2.75) is 17.4 Å². The van der Waals surface area contributed by atoms with E-state index in [1.165, 1.54) is 37.4 Å². The Morgan fingerprint density at radius 1 is 0.969 bits per heavy atom. The van der Waals surface area contributed by atoms with E-state index in [2.05, 4.69) is 10.0 Å². The molecule has 1 atom stereocenters. The van der Waals surface area contributed by atoms with Crippen LogP contribution >= 0.6 is 34.8 Å². The van der Waals surface area contributed by atoms with Gasteiger partial charge in [0.1, 0.15) is 11.8 Å². The van der Waals surface area contributed by atoms with Crippen LogP contribution in [0.4, 0.5) is 5.69 Å². The maximum atomic E-state index is 13.1. The molecule has 168 valence electrons. The van der Waals surface area contributed by atoms with E-state index in [0.29, 0.717) is 10.8 Å². The van der Waals surface area contributed by atoms with E-state index in [0.717, 1.165) is 5.56 Å². The molecular weight excluding hydrogens is 495 g/mol. The molecule has 3 aromatic carbocycles. The summed E-state index contributed by atoms with van der Waals surface area (Å²) in [4.78, 5) is 13.0. The average molecular weight is 514 g/mol. The Kier molecular flexibility index (Phi) is 8.03. The van der Waals surface area contributed by atoms with Gasteiger partial charge in [-0.3, -0.25) is 4.79 Å². The van der Waals surface area contributed by atoms with E-state index in [1.807, 2.05) is 6.07 Å². The minimum absolute atomic E-state index is 0.102. The van der Waals surface area contributed by atoms with Crippen molar-refractivity contribution in [2.75, 3.05) is 12.4 Å². The molecular formula is C22H19Cl3N2O4S. The number of carbonyl (C=O) groups excluding carboxylic acids is 1. The van der Waals surface area contributed by atoms with Gasteiger partial charge < -0.3 is 10.1 Å². The molecule has 0 saturated carbocycles. The fourth-order valence-electron chi connectivity index (χ4n) is 2.92. The molecule has 0 aliphatic heterocycles. The molecule has 0 bridgehead atoms. The fourth-order valence-corrected chi connectivity index (χ4v) is 4.80. The Morgan fingerprint density at radius 3 is 2.34 bits per heavy atom. The molecule has 0 aliphatic carbocycles. The van der Waals surface area contributed by atoms with Crippen LogP contribution in [0.3, 0.4) is 0 Å². The lowest BCUT2D eigenvalue weighted by atomic mass is 10.1. The fraction of sp³-hybridized carbons (Fsp3) is 0.136. The molecule has 0 saturated heterocycles. The van der Waals surface area contributed by atoms with Crippen molar-refractivity contribution in [1.29, 1.82) is 0 Å². The number of sulfonamides is 1. The first-order chi connectivity index (χ1) is 15.2. The molecule has 6 nitrogen and oxygen atoms in total. The molecule has 3 aromatic rings. The topological polar surface area (TPSA) is 84.5 Å². The molecule has 1 amide bonds. The van der Waals surface area contributed by atoms with Gasteiger partial charge in [-0.05, 0) is 48.4 Å². The zero-order valence-corrected chi connectivity index (χ0v) is 19.9. The minimum Gasteiger partial charge on any atom is -0.495 e. The molecule has 0 fully saturated rings. The zero-order valence-electron chi connectivity index (χ0n) is 16.8. The van der Waals surface area contributed by atoms with Crippen molar-refractivity contribution in [3.05, 3.63) is 87.4 Å². The maximum Gasteiger partial charge on any atom is 0.242 e. The van der Waals surface area contributed by atoms with E-state index in [4.69, 9.17) is 39.5 Å². The van der Waals surface area contributed by atoms with Crippen molar-refractivity contribution < 1.29 is 17.9 Å². The van der Waals surface area contributed by atoms with Gasteiger partial charge in [0.2, 0.25) is 15.9 Å². The van der Waals surface area contributed by atoms with Crippen LogP contribution in [0.1, 0.15) is 5.56 Å². The highest BCUT2D eigenvalue weighted by Crippen LogP contribution is 2.28. The Bertz CT molecular complexity index is 1220. The lowest BCUT2D eigenvalue weighted by molar-refractivity contribution is -0.117. The van der Waals surface area contributed by atoms with Crippen LogP contribution in [0.25, 0.3) is 0 Å². The van der Waals surface area contributed by atoms with E-state index >= 15 is 0 Å². The second-order valence-corrected chi connectivity index (χ2v) is 9.74. The van der Waals surface area contributed by atoms with Crippen LogP contribution in [0, 0.1) is 0 Å². The Morgan fingerprint density at radius 2 is 1.69 bits per heavy atom. The van der Waals surface area contributed by atoms with Gasteiger partial charge in [-0.15, -0.1) is 0 Å². The summed E-state index contributed by atoms with van der Waals surface area (Å²) in [7, 11) is -2.67. The Hall–Kier alpha value is -2.29. The molecule has 2 N–H and O–H groups in total. The summed E-state index contributed by atoms with van der Waals surface area (Å²) >= 11 is 18.2. The number of carbonyl (C=O) groups is 1. The number of benzene rings is 3. The van der Waals surface area contributed by atoms with Crippen molar-refractivity contribution in [3.8, 4) is 5.75 Å². The number of methoxy groups -OCH3 is 1. The first-order valence-corrected chi connectivity index (χ1v) is 12.0. The zero-order chi connectivity index (χ0) is 23.3. The van der Waals surface area contributed by atoms with E-state index in [1.54, 1.807) is 30.3 Å². The SMILES string of the molecule is COc1ccc(S(=O)(=O)NC(Cc2ccccc2)C(=O)Nc2cc(Cl)ccc2Cl)cc1Cl. The van der Waals surface area contributed by atoms with Crippen LogP contribution < -0.4 is 14.8 Å². The average Bonchev–Trinajstić information content (AvgIpc) is 2.76. The molecule has 0 radical (unpaired) electrons. The smallest absolute Gasteiger partial charge is 0.242 e. The monoisotopic (exact) mass is 512 g/mol. The lowest BCUT2D eigenvalue weighted by Crippen LogP contribution is -2.45. The highest BCUT2D eigenvalue weighted by atomic mass is 35.5. The summed E-state index contributed by atoms with van der Waals surface area (Å²) in [5.74, 6) is -0.263. The van der Waals surface area contributed by atoms with Crippen LogP contribution in [0.5, 0.6) is 5.75 Å². The number of amides is 1. The number of hydrogen-bond acceptors (Lipinski definition) is 4. The summed E-state index contributed by atoms with van der Waals surface area (Å²) in [6.45, 7) is 0. The van der Waals surface area contributed by atoms with Crippen molar-refractivity contribution >= 4 is 56.4 Å². The van der Waals surface area contributed by atoms with Gasteiger partial charge in [0.25, 0.3) is 0 Å². The largest absolute Gasteiger partial charge is 0.495 e. The van der Waals surface area contributed by atoms with Crippen LogP contribution in [-0.2, 0) is 21.2 Å². The predicted molar refractivity (Wildman–Crippen MR) is 127 cm³/mol. The second kappa shape index (κ2) is 10.6. The van der Waals surface area contributed by atoms with Crippen molar-refractivity contribution in [1.82, 2.24) is 4.72 Å². The second-order valence-electron chi connectivity index (χ2n) is 6.77. The molecule has 10 heteroatoms. The Labute approximate surface area is 201 Å². The van der Waals surface area contributed by atoms with Gasteiger partial charge in [0.05, 0.1) is 27.7 Å². The van der Waals surface area contributed by atoms with E-state index in [-0.39, 0.29) is 27.0 Å². The number of anilines is 1. The molecule has 3 rings (SSSR count). The first kappa shape index (κ1) is 24.4. The van der Waals surface area contributed by atoms with Gasteiger partial charge in [0.15, 0.2) is 0 Å². The molecule has 0 spiro atoms. The standard InChI is InChI=1S/C22H19Cl3N2O4S/c1-31-21-10-8-16(13-18(21)25)32(29,30)27-20(11-14-5-3-2-4-6-14)22(28)26-19-12-15(23)7-9-17(19)24/h2-10,12-13,20,27H,11H2,1H3,(H,26,28).